The van der Waals surface area contributed by atoms with E-state index in [1.54, 1.807) is 24.3 Å². The number of nitrogens with one attached hydrogen (secondary N) is 2. The first-order chi connectivity index (χ1) is 11.0. The van der Waals surface area contributed by atoms with Gasteiger partial charge in [0.05, 0.1) is 6.54 Å². The van der Waals surface area contributed by atoms with E-state index in [-0.39, 0.29) is 12.5 Å². The lowest BCUT2D eigenvalue weighted by Gasteiger charge is -2.05. The van der Waals surface area contributed by atoms with E-state index in [9.17, 15) is 9.59 Å². The standard InChI is InChI=1S/C16H16N4O3/c1-4-9-17-14(21)15(22)18-12-7-5-11(6-8-12)16-19-13(10(2)3)20-23-16/h1,5-8,10H,9H2,2-3H3,(H,17,21)(H,18,22). The molecule has 0 aliphatic carbocycles. The van der Waals surface area contributed by atoms with Crippen molar-refractivity contribution >= 4 is 17.5 Å². The number of rotatable bonds is 4. The van der Waals surface area contributed by atoms with E-state index >= 15 is 0 Å². The van der Waals surface area contributed by atoms with Crippen LogP contribution in [-0.4, -0.2) is 28.5 Å². The van der Waals surface area contributed by atoms with Crippen LogP contribution in [0, 0.1) is 12.3 Å². The SMILES string of the molecule is C#CCNC(=O)C(=O)Nc1ccc(-c2nc(C(C)C)no2)cc1. The molecule has 0 bridgehead atoms. The highest BCUT2D eigenvalue weighted by Crippen LogP contribution is 2.21. The van der Waals surface area contributed by atoms with Gasteiger partial charge in [0, 0.05) is 17.2 Å². The third kappa shape index (κ3) is 4.17. The average molecular weight is 312 g/mol. The van der Waals surface area contributed by atoms with Gasteiger partial charge in [0.1, 0.15) is 0 Å². The Bertz CT molecular complexity index is 741. The summed E-state index contributed by atoms with van der Waals surface area (Å²) in [5, 5.41) is 8.64. The number of anilines is 1. The summed E-state index contributed by atoms with van der Waals surface area (Å²) >= 11 is 0. The number of carbonyl (C=O) groups excluding carboxylic acids is 2. The summed E-state index contributed by atoms with van der Waals surface area (Å²) in [4.78, 5) is 27.3. The van der Waals surface area contributed by atoms with Crippen molar-refractivity contribution in [3.63, 3.8) is 0 Å². The Morgan fingerprint density at radius 2 is 1.96 bits per heavy atom. The van der Waals surface area contributed by atoms with Crippen molar-refractivity contribution in [2.75, 3.05) is 11.9 Å². The minimum Gasteiger partial charge on any atom is -0.337 e. The lowest BCUT2D eigenvalue weighted by Crippen LogP contribution is -2.35. The molecule has 0 fully saturated rings. The summed E-state index contributed by atoms with van der Waals surface area (Å²) < 4.78 is 5.18. The number of terminal acetylenes is 1. The van der Waals surface area contributed by atoms with Gasteiger partial charge in [0.15, 0.2) is 5.82 Å². The highest BCUT2D eigenvalue weighted by Gasteiger charge is 2.14. The van der Waals surface area contributed by atoms with E-state index in [0.717, 1.165) is 5.56 Å². The summed E-state index contributed by atoms with van der Waals surface area (Å²) in [6.07, 6.45) is 5.01. The highest BCUT2D eigenvalue weighted by atomic mass is 16.5. The molecule has 0 radical (unpaired) electrons. The molecule has 2 aromatic rings. The fourth-order valence-corrected chi connectivity index (χ4v) is 1.68. The van der Waals surface area contributed by atoms with Crippen molar-refractivity contribution in [1.29, 1.82) is 0 Å². The molecule has 118 valence electrons. The molecule has 1 heterocycles. The quantitative estimate of drug-likeness (QED) is 0.659. The van der Waals surface area contributed by atoms with Crippen LogP contribution in [0.4, 0.5) is 5.69 Å². The van der Waals surface area contributed by atoms with Gasteiger partial charge in [-0.3, -0.25) is 9.59 Å². The Kier molecular flexibility index (Phi) is 5.10. The second kappa shape index (κ2) is 7.22. The second-order valence-corrected chi connectivity index (χ2v) is 5.03. The van der Waals surface area contributed by atoms with Crippen molar-refractivity contribution in [3.05, 3.63) is 30.1 Å². The topological polar surface area (TPSA) is 97.1 Å². The van der Waals surface area contributed by atoms with E-state index in [4.69, 9.17) is 10.9 Å². The minimum atomic E-state index is -0.787. The van der Waals surface area contributed by atoms with Gasteiger partial charge >= 0.3 is 11.8 Å². The molecule has 7 nitrogen and oxygen atoms in total. The number of aromatic nitrogens is 2. The smallest absolute Gasteiger partial charge is 0.313 e. The molecule has 0 saturated carbocycles. The number of hydrogen-bond donors (Lipinski definition) is 2. The van der Waals surface area contributed by atoms with Gasteiger partial charge in [0.2, 0.25) is 0 Å². The number of nitrogens with zero attached hydrogens (tertiary/aromatic N) is 2. The third-order valence-corrected chi connectivity index (χ3v) is 2.91. The Morgan fingerprint density at radius 1 is 1.26 bits per heavy atom. The maximum atomic E-state index is 11.6. The molecule has 7 heteroatoms. The summed E-state index contributed by atoms with van der Waals surface area (Å²) in [6.45, 7) is 3.94. The summed E-state index contributed by atoms with van der Waals surface area (Å²) in [6, 6.07) is 6.71. The van der Waals surface area contributed by atoms with Crippen LogP contribution in [0.3, 0.4) is 0 Å². The van der Waals surface area contributed by atoms with Gasteiger partial charge < -0.3 is 15.2 Å². The van der Waals surface area contributed by atoms with E-state index in [1.807, 2.05) is 13.8 Å². The molecule has 0 aliphatic heterocycles. The van der Waals surface area contributed by atoms with Crippen LogP contribution in [0.2, 0.25) is 0 Å². The predicted molar refractivity (Wildman–Crippen MR) is 84.3 cm³/mol. The Labute approximate surface area is 133 Å². The first-order valence-corrected chi connectivity index (χ1v) is 6.98. The molecule has 2 N–H and O–H groups in total. The molecule has 0 spiro atoms. The van der Waals surface area contributed by atoms with Crippen LogP contribution in [0.5, 0.6) is 0 Å². The van der Waals surface area contributed by atoms with Gasteiger partial charge in [-0.1, -0.05) is 24.9 Å². The molecular formula is C16H16N4O3. The average Bonchev–Trinajstić information content (AvgIpc) is 3.03. The zero-order valence-electron chi connectivity index (χ0n) is 12.8. The Hall–Kier alpha value is -3.14. The fourth-order valence-electron chi connectivity index (χ4n) is 1.68. The zero-order chi connectivity index (χ0) is 16.8. The molecule has 2 amide bonds. The third-order valence-electron chi connectivity index (χ3n) is 2.91. The van der Waals surface area contributed by atoms with Gasteiger partial charge in [0.25, 0.3) is 5.89 Å². The molecule has 0 aliphatic rings. The van der Waals surface area contributed by atoms with Crippen molar-refractivity contribution in [2.24, 2.45) is 0 Å². The van der Waals surface area contributed by atoms with Gasteiger partial charge in [-0.15, -0.1) is 6.42 Å². The van der Waals surface area contributed by atoms with Gasteiger partial charge in [-0.05, 0) is 24.3 Å². The fraction of sp³-hybridized carbons (Fsp3) is 0.250. The first kappa shape index (κ1) is 16.2. The molecule has 23 heavy (non-hydrogen) atoms. The predicted octanol–water partition coefficient (Wildman–Crippen LogP) is 1.55. The summed E-state index contributed by atoms with van der Waals surface area (Å²) in [5.74, 6) is 1.85. The molecule has 0 atom stereocenters. The highest BCUT2D eigenvalue weighted by molar-refractivity contribution is 6.39. The van der Waals surface area contributed by atoms with Crippen molar-refractivity contribution in [2.45, 2.75) is 19.8 Å². The van der Waals surface area contributed by atoms with Crippen LogP contribution < -0.4 is 10.6 Å². The molecular weight excluding hydrogens is 296 g/mol. The molecule has 0 unspecified atom stereocenters. The monoisotopic (exact) mass is 312 g/mol. The van der Waals surface area contributed by atoms with Crippen LogP contribution in [0.15, 0.2) is 28.8 Å². The summed E-state index contributed by atoms with van der Waals surface area (Å²) in [5.41, 5.74) is 1.19. The van der Waals surface area contributed by atoms with Crippen LogP contribution in [0.1, 0.15) is 25.6 Å². The number of benzene rings is 1. The molecule has 1 aromatic carbocycles. The van der Waals surface area contributed by atoms with Gasteiger partial charge in [-0.2, -0.15) is 4.98 Å². The van der Waals surface area contributed by atoms with Crippen LogP contribution in [-0.2, 0) is 9.59 Å². The second-order valence-electron chi connectivity index (χ2n) is 5.03. The zero-order valence-corrected chi connectivity index (χ0v) is 12.8. The van der Waals surface area contributed by atoms with E-state index in [1.165, 1.54) is 0 Å². The van der Waals surface area contributed by atoms with E-state index in [0.29, 0.717) is 17.4 Å². The lowest BCUT2D eigenvalue weighted by molar-refractivity contribution is -0.136. The Balaban J connectivity index is 2.03. The van der Waals surface area contributed by atoms with Crippen molar-refractivity contribution < 1.29 is 14.1 Å². The Morgan fingerprint density at radius 3 is 2.52 bits per heavy atom. The number of hydrogen-bond acceptors (Lipinski definition) is 5. The molecule has 1 aromatic heterocycles. The van der Waals surface area contributed by atoms with Crippen molar-refractivity contribution in [3.8, 4) is 23.8 Å². The number of carbonyl (C=O) groups is 2. The normalized spacial score (nSPS) is 10.2. The first-order valence-electron chi connectivity index (χ1n) is 6.98. The van der Waals surface area contributed by atoms with Crippen LogP contribution in [0.25, 0.3) is 11.5 Å². The molecule has 0 saturated heterocycles. The number of amides is 2. The minimum absolute atomic E-state index is 0.000534. The van der Waals surface area contributed by atoms with E-state index < -0.39 is 11.8 Å². The van der Waals surface area contributed by atoms with Crippen LogP contribution >= 0.6 is 0 Å². The van der Waals surface area contributed by atoms with Gasteiger partial charge in [-0.25, -0.2) is 0 Å². The summed E-state index contributed by atoms with van der Waals surface area (Å²) in [7, 11) is 0. The largest absolute Gasteiger partial charge is 0.337 e. The van der Waals surface area contributed by atoms with E-state index in [2.05, 4.69) is 26.7 Å². The molecule has 2 rings (SSSR count). The lowest BCUT2D eigenvalue weighted by atomic mass is 10.2. The maximum absolute atomic E-state index is 11.6. The van der Waals surface area contributed by atoms with Crippen molar-refractivity contribution in [1.82, 2.24) is 15.5 Å². The maximum Gasteiger partial charge on any atom is 0.313 e.